The fourth-order valence-corrected chi connectivity index (χ4v) is 7.33. The summed E-state index contributed by atoms with van der Waals surface area (Å²) in [7, 11) is -0.432. The van der Waals surface area contributed by atoms with Crippen molar-refractivity contribution in [1.29, 1.82) is 0 Å². The minimum atomic E-state index is -3.84. The van der Waals surface area contributed by atoms with Gasteiger partial charge in [0.15, 0.2) is 11.6 Å². The fourth-order valence-electron chi connectivity index (χ4n) is 5.38. The summed E-state index contributed by atoms with van der Waals surface area (Å²) in [5.74, 6) is -3.27. The van der Waals surface area contributed by atoms with Gasteiger partial charge in [0.2, 0.25) is 10.0 Å². The third kappa shape index (κ3) is 5.88. The number of halogens is 3. The molecule has 0 bridgehead atoms. The molecule has 7 nitrogen and oxygen atoms in total. The third-order valence-electron chi connectivity index (χ3n) is 7.56. The van der Waals surface area contributed by atoms with Crippen molar-refractivity contribution >= 4 is 44.5 Å². The Kier molecular flexibility index (Phi) is 8.58. The van der Waals surface area contributed by atoms with Gasteiger partial charge in [-0.1, -0.05) is 18.0 Å². The summed E-state index contributed by atoms with van der Waals surface area (Å²) >= 11 is 1.47. The molecule has 5 rings (SSSR count). The summed E-state index contributed by atoms with van der Waals surface area (Å²) in [5, 5.41) is 3.22. The number of rotatable bonds is 8. The van der Waals surface area contributed by atoms with Crippen LogP contribution >= 0.6 is 11.9 Å². The van der Waals surface area contributed by atoms with Crippen LogP contribution < -0.4 is 9.62 Å². The Morgan fingerprint density at radius 1 is 1.10 bits per heavy atom. The van der Waals surface area contributed by atoms with Crippen LogP contribution in [0.4, 0.5) is 18.9 Å². The standard InChI is InChI=1S/C30H30F3N3O4S2/c1-34-30(37)28-23-14-22(26(35(2)41-3)15-27(23)40-29(28)19-7-9-21(31)10-8-19)20-5-4-12-36(16-20)42(38,39)17-18-6-11-24(32)25(33)13-18/h6-11,13-15,20H,4-5,12,16-17H2,1-3H3,(H,34,37)/t20-/m0/s1. The highest BCUT2D eigenvalue weighted by molar-refractivity contribution is 7.99. The molecule has 1 fully saturated rings. The first kappa shape index (κ1) is 30.0. The van der Waals surface area contributed by atoms with Crippen molar-refractivity contribution in [3.8, 4) is 11.3 Å². The molecule has 222 valence electrons. The molecular formula is C30H30F3N3O4S2. The molecular weight excluding hydrogens is 587 g/mol. The second-order valence-electron chi connectivity index (χ2n) is 10.2. The van der Waals surface area contributed by atoms with Crippen LogP contribution in [0.25, 0.3) is 22.3 Å². The van der Waals surface area contributed by atoms with E-state index in [1.807, 2.05) is 29.7 Å². The topological polar surface area (TPSA) is 82.9 Å². The molecule has 3 aromatic carbocycles. The number of anilines is 1. The summed E-state index contributed by atoms with van der Waals surface area (Å²) in [6, 6.07) is 12.5. The Bertz CT molecular complexity index is 1740. The molecule has 2 heterocycles. The van der Waals surface area contributed by atoms with Crippen LogP contribution in [0.2, 0.25) is 0 Å². The number of carbonyl (C=O) groups is 1. The first-order valence-electron chi connectivity index (χ1n) is 13.3. The minimum absolute atomic E-state index is 0.169. The van der Waals surface area contributed by atoms with E-state index < -0.39 is 33.2 Å². The minimum Gasteiger partial charge on any atom is -0.455 e. The van der Waals surface area contributed by atoms with Crippen LogP contribution in [0, 0.1) is 17.5 Å². The number of sulfonamides is 1. The highest BCUT2D eigenvalue weighted by atomic mass is 32.2. The SMILES string of the molecule is CNC(=O)c1c(-c2ccc(F)cc2)oc2cc(N(C)SC)c([C@H]3CCCN(S(=O)(=O)Cc4ccc(F)c(F)c4)C3)cc12. The molecule has 0 spiro atoms. The van der Waals surface area contributed by atoms with E-state index in [1.165, 1.54) is 41.5 Å². The number of nitrogens with one attached hydrogen (secondary N) is 1. The van der Waals surface area contributed by atoms with Crippen LogP contribution in [0.1, 0.15) is 40.2 Å². The lowest BCUT2D eigenvalue weighted by atomic mass is 9.89. The number of hydrogen-bond acceptors (Lipinski definition) is 6. The highest BCUT2D eigenvalue weighted by Crippen LogP contribution is 2.42. The molecule has 0 aliphatic carbocycles. The molecule has 4 aromatic rings. The zero-order chi connectivity index (χ0) is 30.2. The summed E-state index contributed by atoms with van der Waals surface area (Å²) in [4.78, 5) is 13.1. The Balaban J connectivity index is 1.57. The van der Waals surface area contributed by atoms with E-state index in [1.54, 1.807) is 12.1 Å². The average Bonchev–Trinajstić information content (AvgIpc) is 3.36. The number of furan rings is 1. The average molecular weight is 618 g/mol. The summed E-state index contributed by atoms with van der Waals surface area (Å²) in [5.41, 5.74) is 3.14. The normalized spacial score (nSPS) is 16.1. The van der Waals surface area contributed by atoms with E-state index in [9.17, 15) is 26.4 Å². The van der Waals surface area contributed by atoms with Crippen molar-refractivity contribution in [2.75, 3.05) is 37.7 Å². The highest BCUT2D eigenvalue weighted by Gasteiger charge is 2.33. The van der Waals surface area contributed by atoms with E-state index in [4.69, 9.17) is 4.42 Å². The van der Waals surface area contributed by atoms with Crippen molar-refractivity contribution < 1.29 is 30.8 Å². The maximum absolute atomic E-state index is 13.8. The van der Waals surface area contributed by atoms with Gasteiger partial charge < -0.3 is 14.0 Å². The molecule has 42 heavy (non-hydrogen) atoms. The summed E-state index contributed by atoms with van der Waals surface area (Å²) in [6.45, 7) is 0.493. The van der Waals surface area contributed by atoms with Crippen LogP contribution in [0.15, 0.2) is 59.0 Å². The number of piperidine rings is 1. The molecule has 0 unspecified atom stereocenters. The van der Waals surface area contributed by atoms with Gasteiger partial charge in [0.25, 0.3) is 5.91 Å². The largest absolute Gasteiger partial charge is 0.455 e. The molecule has 1 N–H and O–H groups in total. The van der Waals surface area contributed by atoms with E-state index in [0.717, 1.165) is 23.4 Å². The van der Waals surface area contributed by atoms with Gasteiger partial charge in [-0.25, -0.2) is 25.9 Å². The quantitative estimate of drug-likeness (QED) is 0.234. The lowest BCUT2D eigenvalue weighted by Crippen LogP contribution is -2.40. The second kappa shape index (κ2) is 12.0. The van der Waals surface area contributed by atoms with Crippen molar-refractivity contribution in [3.05, 3.63) is 88.7 Å². The lowest BCUT2D eigenvalue weighted by Gasteiger charge is -2.34. The Hall–Kier alpha value is -3.48. The zero-order valence-electron chi connectivity index (χ0n) is 23.3. The van der Waals surface area contributed by atoms with Gasteiger partial charge in [0.05, 0.1) is 17.0 Å². The van der Waals surface area contributed by atoms with Crippen LogP contribution in [0.3, 0.4) is 0 Å². The lowest BCUT2D eigenvalue weighted by molar-refractivity contribution is 0.0964. The molecule has 1 saturated heterocycles. The van der Waals surface area contributed by atoms with Gasteiger partial charge in [-0.3, -0.25) is 4.79 Å². The van der Waals surface area contributed by atoms with Crippen molar-refractivity contribution in [3.63, 3.8) is 0 Å². The molecule has 1 atom stereocenters. The summed E-state index contributed by atoms with van der Waals surface area (Å²) in [6.07, 6.45) is 3.21. The van der Waals surface area contributed by atoms with Gasteiger partial charge in [-0.05, 0) is 72.4 Å². The number of fused-ring (bicyclic) bond motifs is 1. The smallest absolute Gasteiger partial charge is 0.255 e. The van der Waals surface area contributed by atoms with Crippen LogP contribution in [0.5, 0.6) is 0 Å². The number of nitrogens with zero attached hydrogens (tertiary/aromatic N) is 2. The van der Waals surface area contributed by atoms with Crippen molar-refractivity contribution in [2.24, 2.45) is 0 Å². The first-order valence-corrected chi connectivity index (χ1v) is 16.1. The van der Waals surface area contributed by atoms with Gasteiger partial charge in [0.1, 0.15) is 17.2 Å². The number of benzene rings is 3. The predicted octanol–water partition coefficient (Wildman–Crippen LogP) is 6.30. The van der Waals surface area contributed by atoms with Crippen LogP contribution in [-0.4, -0.2) is 52.1 Å². The van der Waals surface area contributed by atoms with E-state index >= 15 is 0 Å². The Morgan fingerprint density at radius 2 is 1.83 bits per heavy atom. The number of hydrogen-bond donors (Lipinski definition) is 1. The molecule has 0 radical (unpaired) electrons. The van der Waals surface area contributed by atoms with Gasteiger partial charge in [-0.15, -0.1) is 0 Å². The second-order valence-corrected chi connectivity index (χ2v) is 13.1. The van der Waals surface area contributed by atoms with Gasteiger partial charge in [-0.2, -0.15) is 0 Å². The molecule has 1 aliphatic heterocycles. The number of amides is 1. The number of carbonyl (C=O) groups excluding carboxylic acids is 1. The van der Waals surface area contributed by atoms with Gasteiger partial charge >= 0.3 is 0 Å². The Morgan fingerprint density at radius 3 is 2.50 bits per heavy atom. The monoisotopic (exact) mass is 617 g/mol. The third-order valence-corrected chi connectivity index (χ3v) is 10.1. The molecule has 0 saturated carbocycles. The molecule has 12 heteroatoms. The van der Waals surface area contributed by atoms with E-state index in [-0.39, 0.29) is 23.9 Å². The maximum atomic E-state index is 13.8. The first-order chi connectivity index (χ1) is 20.0. The zero-order valence-corrected chi connectivity index (χ0v) is 24.9. The van der Waals surface area contributed by atoms with Gasteiger partial charge in [0, 0.05) is 50.5 Å². The Labute approximate surface area is 246 Å². The molecule has 1 aromatic heterocycles. The van der Waals surface area contributed by atoms with Crippen LogP contribution in [-0.2, 0) is 15.8 Å². The van der Waals surface area contributed by atoms with Crippen molar-refractivity contribution in [2.45, 2.75) is 24.5 Å². The summed E-state index contributed by atoms with van der Waals surface area (Å²) < 4.78 is 77.1. The maximum Gasteiger partial charge on any atom is 0.255 e. The predicted molar refractivity (Wildman–Crippen MR) is 159 cm³/mol. The van der Waals surface area contributed by atoms with Crippen molar-refractivity contribution in [1.82, 2.24) is 9.62 Å². The van der Waals surface area contributed by atoms with E-state index in [0.29, 0.717) is 47.2 Å². The molecule has 1 aliphatic rings. The fraction of sp³-hybridized carbons (Fsp3) is 0.300. The van der Waals surface area contributed by atoms with E-state index in [2.05, 4.69) is 5.32 Å². The molecule has 1 amide bonds.